The Bertz CT molecular complexity index is 1200. The average molecular weight is 423 g/mol. The van der Waals surface area contributed by atoms with Gasteiger partial charge in [-0.3, -0.25) is 4.79 Å². The minimum absolute atomic E-state index is 0.125. The third-order valence-electron chi connectivity index (χ3n) is 5.06. The normalized spacial score (nSPS) is 10.9. The molecule has 0 spiro atoms. The monoisotopic (exact) mass is 422 g/mol. The Kier molecular flexibility index (Phi) is 7.17. The molecule has 4 rings (SSSR count). The number of nitrogens with one attached hydrogen (secondary N) is 2. The third kappa shape index (κ3) is 5.99. The van der Waals surface area contributed by atoms with Crippen molar-refractivity contribution in [2.75, 3.05) is 18.4 Å². The lowest BCUT2D eigenvalue weighted by molar-refractivity contribution is -0.116. The number of anilines is 1. The number of carbonyl (C=O) groups is 1. The summed E-state index contributed by atoms with van der Waals surface area (Å²) in [7, 11) is 0. The molecule has 4 aromatic carbocycles. The summed E-state index contributed by atoms with van der Waals surface area (Å²) in [6.07, 6.45) is 3.34. The van der Waals surface area contributed by atoms with E-state index in [9.17, 15) is 4.79 Å². The third-order valence-corrected chi connectivity index (χ3v) is 5.06. The van der Waals surface area contributed by atoms with Crippen LogP contribution in [0.1, 0.15) is 11.1 Å². The molecule has 0 aliphatic carbocycles. The van der Waals surface area contributed by atoms with Gasteiger partial charge < -0.3 is 15.4 Å². The van der Waals surface area contributed by atoms with E-state index in [1.165, 1.54) is 10.8 Å². The lowest BCUT2D eigenvalue weighted by Crippen LogP contribution is -2.27. The fraction of sp³-hybridized carbons (Fsp3) is 0.107. The summed E-state index contributed by atoms with van der Waals surface area (Å²) in [6, 6.07) is 32.2. The molecule has 4 heteroatoms. The number of rotatable bonds is 9. The molecule has 32 heavy (non-hydrogen) atoms. The largest absolute Gasteiger partial charge is 0.489 e. The number of hydrogen-bond donors (Lipinski definition) is 2. The van der Waals surface area contributed by atoms with Crippen LogP contribution in [0.4, 0.5) is 5.69 Å². The van der Waals surface area contributed by atoms with Crippen LogP contribution in [0.15, 0.2) is 103 Å². The molecule has 0 aromatic heterocycles. The maximum atomic E-state index is 12.2. The fourth-order valence-corrected chi connectivity index (χ4v) is 3.44. The lowest BCUT2D eigenvalue weighted by atomic mass is 10.1. The highest BCUT2D eigenvalue weighted by atomic mass is 16.5. The molecule has 1 amide bonds. The molecule has 0 aliphatic rings. The van der Waals surface area contributed by atoms with E-state index in [0.29, 0.717) is 19.7 Å². The van der Waals surface area contributed by atoms with Gasteiger partial charge in [0.1, 0.15) is 12.4 Å². The second kappa shape index (κ2) is 10.8. The molecule has 160 valence electrons. The van der Waals surface area contributed by atoms with Gasteiger partial charge in [0, 0.05) is 30.2 Å². The van der Waals surface area contributed by atoms with Crippen molar-refractivity contribution in [1.29, 1.82) is 0 Å². The summed E-state index contributed by atoms with van der Waals surface area (Å²) in [5.41, 5.74) is 3.10. The molecule has 0 aliphatic heterocycles. The first-order chi connectivity index (χ1) is 15.8. The Morgan fingerprint density at radius 3 is 2.50 bits per heavy atom. The molecule has 0 saturated heterocycles. The zero-order valence-electron chi connectivity index (χ0n) is 17.8. The number of carbonyl (C=O) groups excluding carboxylic acids is 1. The van der Waals surface area contributed by atoms with E-state index in [2.05, 4.69) is 34.9 Å². The van der Waals surface area contributed by atoms with Gasteiger partial charge in [0.25, 0.3) is 0 Å². The Balaban J connectivity index is 1.24. The van der Waals surface area contributed by atoms with Crippen molar-refractivity contribution in [3.05, 3.63) is 114 Å². The van der Waals surface area contributed by atoms with Crippen molar-refractivity contribution in [2.24, 2.45) is 0 Å². The van der Waals surface area contributed by atoms with Crippen molar-refractivity contribution >= 4 is 28.4 Å². The van der Waals surface area contributed by atoms with E-state index in [0.717, 1.165) is 22.6 Å². The molecule has 0 saturated carbocycles. The van der Waals surface area contributed by atoms with Crippen LogP contribution >= 0.6 is 0 Å². The van der Waals surface area contributed by atoms with Gasteiger partial charge in [-0.25, -0.2) is 0 Å². The zero-order valence-corrected chi connectivity index (χ0v) is 17.8. The molecule has 0 unspecified atom stereocenters. The van der Waals surface area contributed by atoms with Crippen LogP contribution in [0.5, 0.6) is 5.75 Å². The second-order valence-corrected chi connectivity index (χ2v) is 7.42. The minimum atomic E-state index is -0.125. The van der Waals surface area contributed by atoms with Crippen molar-refractivity contribution in [1.82, 2.24) is 5.32 Å². The molecular weight excluding hydrogens is 396 g/mol. The number of benzene rings is 4. The Labute approximate surface area is 188 Å². The summed E-state index contributed by atoms with van der Waals surface area (Å²) in [4.78, 5) is 12.2. The van der Waals surface area contributed by atoms with E-state index in [1.807, 2.05) is 72.8 Å². The first-order valence-corrected chi connectivity index (χ1v) is 10.7. The predicted molar refractivity (Wildman–Crippen MR) is 132 cm³/mol. The summed E-state index contributed by atoms with van der Waals surface area (Å²) in [5, 5.41) is 8.68. The molecule has 0 bridgehead atoms. The molecule has 4 aromatic rings. The topological polar surface area (TPSA) is 50.4 Å². The second-order valence-electron chi connectivity index (χ2n) is 7.42. The van der Waals surface area contributed by atoms with Gasteiger partial charge in [0.05, 0.1) is 0 Å². The number of fused-ring (bicyclic) bond motifs is 1. The molecular formula is C28H26N2O2. The summed E-state index contributed by atoms with van der Waals surface area (Å²) in [5.74, 6) is 0.649. The van der Waals surface area contributed by atoms with Crippen molar-refractivity contribution in [3.63, 3.8) is 0 Å². The maximum Gasteiger partial charge on any atom is 0.244 e. The standard InChI is InChI=1S/C28H26N2O2/c31-28(30-19-18-29-27-15-7-12-24-11-4-5-14-26(24)27)17-16-22-10-6-13-25(20-22)32-21-23-8-2-1-3-9-23/h1-17,20,29H,18-19,21H2,(H,30,31)/b17-16+. The van der Waals surface area contributed by atoms with E-state index >= 15 is 0 Å². The number of hydrogen-bond acceptors (Lipinski definition) is 3. The van der Waals surface area contributed by atoms with Gasteiger partial charge in [0.2, 0.25) is 5.91 Å². The van der Waals surface area contributed by atoms with Crippen LogP contribution < -0.4 is 15.4 Å². The average Bonchev–Trinajstić information content (AvgIpc) is 2.85. The molecule has 0 radical (unpaired) electrons. The zero-order chi connectivity index (χ0) is 22.0. The van der Waals surface area contributed by atoms with Gasteiger partial charge in [-0.1, -0.05) is 78.9 Å². The Morgan fingerprint density at radius 2 is 1.59 bits per heavy atom. The Morgan fingerprint density at radius 1 is 0.812 bits per heavy atom. The highest BCUT2D eigenvalue weighted by molar-refractivity contribution is 5.94. The highest BCUT2D eigenvalue weighted by Gasteiger charge is 2.01. The molecule has 4 nitrogen and oxygen atoms in total. The van der Waals surface area contributed by atoms with E-state index in [-0.39, 0.29) is 5.91 Å². The van der Waals surface area contributed by atoms with E-state index in [4.69, 9.17) is 4.74 Å². The predicted octanol–water partition coefficient (Wildman–Crippen LogP) is 5.66. The molecule has 0 fully saturated rings. The smallest absolute Gasteiger partial charge is 0.244 e. The van der Waals surface area contributed by atoms with Gasteiger partial charge in [-0.2, -0.15) is 0 Å². The van der Waals surface area contributed by atoms with Gasteiger partial charge in [-0.15, -0.1) is 0 Å². The van der Waals surface area contributed by atoms with Crippen LogP contribution in [0.25, 0.3) is 16.8 Å². The minimum Gasteiger partial charge on any atom is -0.489 e. The van der Waals surface area contributed by atoms with Crippen LogP contribution in [0.2, 0.25) is 0 Å². The quantitative estimate of drug-likeness (QED) is 0.270. The highest BCUT2D eigenvalue weighted by Crippen LogP contribution is 2.22. The van der Waals surface area contributed by atoms with Crippen LogP contribution in [0.3, 0.4) is 0 Å². The van der Waals surface area contributed by atoms with Crippen LogP contribution in [-0.2, 0) is 11.4 Å². The van der Waals surface area contributed by atoms with Crippen LogP contribution in [0, 0.1) is 0 Å². The first kappa shape index (κ1) is 21.2. The van der Waals surface area contributed by atoms with Gasteiger partial charge >= 0.3 is 0 Å². The summed E-state index contributed by atoms with van der Waals surface area (Å²) < 4.78 is 5.85. The molecule has 2 N–H and O–H groups in total. The fourth-order valence-electron chi connectivity index (χ4n) is 3.44. The maximum absolute atomic E-state index is 12.2. The van der Waals surface area contributed by atoms with Crippen LogP contribution in [-0.4, -0.2) is 19.0 Å². The SMILES string of the molecule is O=C(/C=C/c1cccc(OCc2ccccc2)c1)NCCNc1cccc2ccccc12. The van der Waals surface area contributed by atoms with Crippen molar-refractivity contribution in [3.8, 4) is 5.75 Å². The number of ether oxygens (including phenoxy) is 1. The first-order valence-electron chi connectivity index (χ1n) is 10.7. The van der Waals surface area contributed by atoms with Crippen molar-refractivity contribution in [2.45, 2.75) is 6.61 Å². The number of amides is 1. The van der Waals surface area contributed by atoms with Gasteiger partial charge in [-0.05, 0) is 40.8 Å². The lowest BCUT2D eigenvalue weighted by Gasteiger charge is -2.10. The molecule has 0 heterocycles. The Hall–Kier alpha value is -4.05. The summed E-state index contributed by atoms with van der Waals surface area (Å²) >= 11 is 0. The molecule has 0 atom stereocenters. The van der Waals surface area contributed by atoms with E-state index in [1.54, 1.807) is 12.2 Å². The van der Waals surface area contributed by atoms with E-state index < -0.39 is 0 Å². The van der Waals surface area contributed by atoms with Gasteiger partial charge in [0.15, 0.2) is 0 Å². The van der Waals surface area contributed by atoms with Crippen molar-refractivity contribution < 1.29 is 9.53 Å². The summed E-state index contributed by atoms with van der Waals surface area (Å²) in [6.45, 7) is 1.70.